The molecule has 2 aromatic rings. The van der Waals surface area contributed by atoms with Gasteiger partial charge in [0.2, 0.25) is 0 Å². The highest BCUT2D eigenvalue weighted by atomic mass is 32.1. The Morgan fingerprint density at radius 3 is 2.83 bits per heavy atom. The lowest BCUT2D eigenvalue weighted by atomic mass is 10.0. The number of carbonyl (C=O) groups is 1. The van der Waals surface area contributed by atoms with Crippen molar-refractivity contribution >= 4 is 17.4 Å². The van der Waals surface area contributed by atoms with E-state index in [1.165, 1.54) is 16.4 Å². The predicted octanol–water partition coefficient (Wildman–Crippen LogP) is 2.07. The number of hydroxylamine groups is 2. The lowest BCUT2D eigenvalue weighted by Gasteiger charge is -2.28. The van der Waals surface area contributed by atoms with E-state index in [4.69, 9.17) is 10.6 Å². The third-order valence-corrected chi connectivity index (χ3v) is 5.52. The highest BCUT2D eigenvalue weighted by molar-refractivity contribution is 7.11. The van der Waals surface area contributed by atoms with Crippen molar-refractivity contribution in [2.75, 3.05) is 6.54 Å². The van der Waals surface area contributed by atoms with Gasteiger partial charge in [0.15, 0.2) is 0 Å². The van der Waals surface area contributed by atoms with E-state index >= 15 is 0 Å². The van der Waals surface area contributed by atoms with Crippen LogP contribution >= 0.6 is 11.3 Å². The van der Waals surface area contributed by atoms with Gasteiger partial charge in [0.1, 0.15) is 16.6 Å². The molecule has 1 aromatic carbocycles. The maximum Gasteiger partial charge on any atom is 0.344 e. The van der Waals surface area contributed by atoms with Gasteiger partial charge in [0.05, 0.1) is 12.1 Å². The first kappa shape index (κ1) is 15.5. The molecule has 0 aliphatic carbocycles. The zero-order valence-electron chi connectivity index (χ0n) is 13.2. The highest BCUT2D eigenvalue weighted by Crippen LogP contribution is 2.39. The first-order valence-electron chi connectivity index (χ1n) is 8.05. The van der Waals surface area contributed by atoms with Crippen LogP contribution in [0.25, 0.3) is 0 Å². The number of urea groups is 1. The molecule has 2 atom stereocenters. The summed E-state index contributed by atoms with van der Waals surface area (Å²) in [5, 5.41) is 11.5. The number of hydrogen-bond acceptors (Lipinski definition) is 6. The Bertz CT molecular complexity index is 722. The molecule has 2 N–H and O–H groups in total. The van der Waals surface area contributed by atoms with Gasteiger partial charge < -0.3 is 10.6 Å². The molecule has 0 radical (unpaired) electrons. The summed E-state index contributed by atoms with van der Waals surface area (Å²) in [6, 6.07) is 9.89. The predicted molar refractivity (Wildman–Crippen MR) is 88.7 cm³/mol. The van der Waals surface area contributed by atoms with Gasteiger partial charge in [-0.25, -0.2) is 4.79 Å². The van der Waals surface area contributed by atoms with Crippen molar-refractivity contribution in [2.45, 2.75) is 38.1 Å². The van der Waals surface area contributed by atoms with Gasteiger partial charge in [-0.15, -0.1) is 10.2 Å². The lowest BCUT2D eigenvalue weighted by molar-refractivity contribution is -0.140. The molecule has 8 heteroatoms. The fourth-order valence-electron chi connectivity index (χ4n) is 3.26. The quantitative estimate of drug-likeness (QED) is 0.897. The number of fused-ring (bicyclic) bond motifs is 2. The number of hydrogen-bond donors (Lipinski definition) is 1. The normalized spacial score (nSPS) is 23.1. The first-order valence-corrected chi connectivity index (χ1v) is 8.87. The second-order valence-corrected chi connectivity index (χ2v) is 7.10. The monoisotopic (exact) mass is 345 g/mol. The number of rotatable bonds is 5. The Balaban J connectivity index is 1.46. The number of aromatic nitrogens is 2. The van der Waals surface area contributed by atoms with Gasteiger partial charge in [0, 0.05) is 13.1 Å². The number of nitrogens with two attached hydrogens (primary N) is 1. The molecule has 0 spiro atoms. The number of nitrogens with zero attached hydrogens (tertiary/aromatic N) is 4. The molecule has 24 heavy (non-hydrogen) atoms. The van der Waals surface area contributed by atoms with Crippen molar-refractivity contribution < 1.29 is 9.63 Å². The number of carbonyl (C=O) groups excluding carboxylic acids is 1. The third-order valence-electron chi connectivity index (χ3n) is 4.48. The van der Waals surface area contributed by atoms with Crippen LogP contribution in [0.3, 0.4) is 0 Å². The van der Waals surface area contributed by atoms with Gasteiger partial charge in [-0.3, -0.25) is 4.84 Å². The van der Waals surface area contributed by atoms with E-state index in [1.807, 2.05) is 35.2 Å². The molecule has 2 fully saturated rings. The summed E-state index contributed by atoms with van der Waals surface area (Å²) in [6.45, 7) is 1.46. The second-order valence-electron chi connectivity index (χ2n) is 6.00. The SMILES string of the molecule is NCc1nnc([C@@H]2CC[C@@H]3CN2C(=O)N3OCc2ccccc2)s1. The zero-order chi connectivity index (χ0) is 16.5. The van der Waals surface area contributed by atoms with Gasteiger partial charge in [-0.1, -0.05) is 41.7 Å². The molecule has 2 amide bonds. The van der Waals surface area contributed by atoms with Crippen LogP contribution in [0.5, 0.6) is 0 Å². The molecule has 2 aliphatic heterocycles. The summed E-state index contributed by atoms with van der Waals surface area (Å²) in [5.41, 5.74) is 6.66. The van der Waals surface area contributed by atoms with Crippen LogP contribution < -0.4 is 5.73 Å². The van der Waals surface area contributed by atoms with E-state index in [9.17, 15) is 4.79 Å². The second kappa shape index (κ2) is 6.46. The van der Waals surface area contributed by atoms with Crippen LogP contribution in [-0.2, 0) is 18.0 Å². The van der Waals surface area contributed by atoms with Gasteiger partial charge in [0.25, 0.3) is 0 Å². The summed E-state index contributed by atoms with van der Waals surface area (Å²) in [7, 11) is 0. The fraction of sp³-hybridized carbons (Fsp3) is 0.438. The van der Waals surface area contributed by atoms with Gasteiger partial charge in [-0.2, -0.15) is 5.06 Å². The van der Waals surface area contributed by atoms with Crippen molar-refractivity contribution in [2.24, 2.45) is 5.73 Å². The molecule has 0 saturated carbocycles. The average molecular weight is 345 g/mol. The van der Waals surface area contributed by atoms with Gasteiger partial charge in [-0.05, 0) is 18.4 Å². The Hall–Kier alpha value is -2.03. The summed E-state index contributed by atoms with van der Waals surface area (Å²) >= 11 is 1.49. The summed E-state index contributed by atoms with van der Waals surface area (Å²) in [5.74, 6) is 0. The molecular weight excluding hydrogens is 326 g/mol. The molecule has 0 unspecified atom stereocenters. The lowest BCUT2D eigenvalue weighted by Crippen LogP contribution is -2.33. The standard InChI is InChI=1S/C16H19N5O2S/c17-8-14-18-19-15(24-14)13-7-6-12-9-20(13)16(22)21(12)23-10-11-4-2-1-3-5-11/h1-5,12-13H,6-10,17H2/t12-,13+/m1/s1. The summed E-state index contributed by atoms with van der Waals surface area (Å²) in [6.07, 6.45) is 1.78. The smallest absolute Gasteiger partial charge is 0.324 e. The third kappa shape index (κ3) is 2.77. The van der Waals surface area contributed by atoms with E-state index in [2.05, 4.69) is 10.2 Å². The highest BCUT2D eigenvalue weighted by Gasteiger charge is 2.47. The number of benzene rings is 1. The Morgan fingerprint density at radius 1 is 1.25 bits per heavy atom. The fourth-order valence-corrected chi connectivity index (χ4v) is 4.13. The minimum Gasteiger partial charge on any atom is -0.324 e. The number of amides is 2. The van der Waals surface area contributed by atoms with Crippen LogP contribution in [0.1, 0.15) is 34.5 Å². The van der Waals surface area contributed by atoms with E-state index in [1.54, 1.807) is 0 Å². The van der Waals surface area contributed by atoms with Gasteiger partial charge >= 0.3 is 6.03 Å². The maximum atomic E-state index is 12.7. The average Bonchev–Trinajstić information content (AvgIpc) is 3.19. The summed E-state index contributed by atoms with van der Waals surface area (Å²) < 4.78 is 0. The van der Waals surface area contributed by atoms with Crippen molar-refractivity contribution in [3.63, 3.8) is 0 Å². The number of piperidine rings is 1. The Kier molecular flexibility index (Phi) is 4.17. The van der Waals surface area contributed by atoms with E-state index < -0.39 is 0 Å². The zero-order valence-corrected chi connectivity index (χ0v) is 14.0. The molecule has 1 aromatic heterocycles. The van der Waals surface area contributed by atoms with Crippen molar-refractivity contribution in [1.82, 2.24) is 20.2 Å². The van der Waals surface area contributed by atoms with E-state index in [-0.39, 0.29) is 18.1 Å². The van der Waals surface area contributed by atoms with Crippen LogP contribution in [0.15, 0.2) is 30.3 Å². The van der Waals surface area contributed by atoms with Crippen molar-refractivity contribution in [3.8, 4) is 0 Å². The van der Waals surface area contributed by atoms with E-state index in [0.29, 0.717) is 19.7 Å². The topological polar surface area (TPSA) is 84.6 Å². The van der Waals surface area contributed by atoms with Crippen molar-refractivity contribution in [1.29, 1.82) is 0 Å². The maximum absolute atomic E-state index is 12.7. The molecule has 7 nitrogen and oxygen atoms in total. The van der Waals surface area contributed by atoms with E-state index in [0.717, 1.165) is 28.4 Å². The molecule has 4 rings (SSSR count). The Labute approximate surface area is 144 Å². The summed E-state index contributed by atoms with van der Waals surface area (Å²) in [4.78, 5) is 20.4. The molecular formula is C16H19N5O2S. The molecule has 126 valence electrons. The molecule has 2 aliphatic rings. The van der Waals surface area contributed by atoms with Crippen LogP contribution in [0.4, 0.5) is 4.79 Å². The van der Waals surface area contributed by atoms with Crippen molar-refractivity contribution in [3.05, 3.63) is 45.9 Å². The first-order chi connectivity index (χ1) is 11.8. The molecule has 2 bridgehead atoms. The van der Waals surface area contributed by atoms with Crippen LogP contribution in [0.2, 0.25) is 0 Å². The molecule has 2 saturated heterocycles. The largest absolute Gasteiger partial charge is 0.344 e. The van der Waals surface area contributed by atoms with Crippen LogP contribution in [0, 0.1) is 0 Å². The molecule has 3 heterocycles. The minimum absolute atomic E-state index is 0.0168. The minimum atomic E-state index is -0.0806. The van der Waals surface area contributed by atoms with Crippen LogP contribution in [-0.4, -0.2) is 38.8 Å². The Morgan fingerprint density at radius 2 is 2.08 bits per heavy atom.